The third kappa shape index (κ3) is 4.17. The van der Waals surface area contributed by atoms with Crippen molar-refractivity contribution in [3.63, 3.8) is 0 Å². The minimum atomic E-state index is -4.45. The number of thioether (sulfide) groups is 1. The van der Waals surface area contributed by atoms with Crippen LogP contribution >= 0.6 is 32.4 Å². The van der Waals surface area contributed by atoms with Crippen molar-refractivity contribution in [1.82, 2.24) is 0 Å². The van der Waals surface area contributed by atoms with Gasteiger partial charge in [0, 0.05) is 4.91 Å². The minimum Gasteiger partial charge on any atom is -0.497 e. The van der Waals surface area contributed by atoms with Crippen LogP contribution in [0, 0.1) is 10.2 Å². The Kier molecular flexibility index (Phi) is 5.66. The van der Waals surface area contributed by atoms with E-state index in [9.17, 15) is 14.0 Å². The van der Waals surface area contributed by atoms with Crippen molar-refractivity contribution in [2.24, 2.45) is 0 Å². The topological polar surface area (TPSA) is 87.6 Å². The molecule has 0 aliphatic carbocycles. The Morgan fingerprint density at radius 3 is 2.29 bits per heavy atom. The van der Waals surface area contributed by atoms with Gasteiger partial charge in [-0.1, -0.05) is 12.1 Å². The second kappa shape index (κ2) is 6.93. The highest BCUT2D eigenvalue weighted by atomic mass is 35.7. The second-order valence-electron chi connectivity index (χ2n) is 3.93. The van der Waals surface area contributed by atoms with Gasteiger partial charge < -0.3 is 4.74 Å². The summed E-state index contributed by atoms with van der Waals surface area (Å²) in [4.78, 5) is 0.907. The van der Waals surface area contributed by atoms with E-state index in [0.29, 0.717) is 0 Å². The van der Waals surface area contributed by atoms with Gasteiger partial charge in [-0.3, -0.25) is 0 Å². The highest BCUT2D eigenvalue weighted by Gasteiger charge is 2.33. The van der Waals surface area contributed by atoms with Gasteiger partial charge in [-0.25, -0.2) is 0 Å². The SMILES string of the molecule is COc1ccc(C2=C(C)C(SC)=S(O[Cl+3]([O-])([O-])[O-])S2)cc1. The Bertz CT molecular complexity index is 592. The predicted molar refractivity (Wildman–Crippen MR) is 80.4 cm³/mol. The van der Waals surface area contributed by atoms with Crippen LogP contribution in [0.1, 0.15) is 12.5 Å². The molecule has 0 spiro atoms. The molecule has 1 aliphatic heterocycles. The minimum absolute atomic E-state index is 0.741. The van der Waals surface area contributed by atoms with Crippen LogP contribution in [0.5, 0.6) is 5.75 Å². The lowest BCUT2D eigenvalue weighted by atomic mass is 10.1. The summed E-state index contributed by atoms with van der Waals surface area (Å²) in [7, 11) is -2.74. The summed E-state index contributed by atoms with van der Waals surface area (Å²) in [6, 6.07) is 7.43. The molecule has 0 saturated heterocycles. The maximum absolute atomic E-state index is 10.8. The van der Waals surface area contributed by atoms with Crippen molar-refractivity contribution in [2.75, 3.05) is 13.4 Å². The summed E-state index contributed by atoms with van der Waals surface area (Å²) in [6.07, 6.45) is 1.83. The van der Waals surface area contributed by atoms with E-state index in [1.807, 2.05) is 37.4 Å². The maximum atomic E-state index is 10.8. The molecule has 1 aromatic rings. The van der Waals surface area contributed by atoms with Crippen molar-refractivity contribution >= 4 is 41.5 Å². The van der Waals surface area contributed by atoms with Crippen LogP contribution in [0.4, 0.5) is 0 Å². The molecule has 0 N–H and O–H groups in total. The van der Waals surface area contributed by atoms with Crippen LogP contribution in [0.25, 0.3) is 4.91 Å². The lowest BCUT2D eigenvalue weighted by Gasteiger charge is -2.12. The summed E-state index contributed by atoms with van der Waals surface area (Å²) < 4.78 is 42.9. The van der Waals surface area contributed by atoms with E-state index in [-0.39, 0.29) is 0 Å². The zero-order valence-electron chi connectivity index (χ0n) is 11.5. The zero-order valence-corrected chi connectivity index (χ0v) is 14.7. The van der Waals surface area contributed by atoms with Gasteiger partial charge in [0.15, 0.2) is 9.80 Å². The number of methoxy groups -OCH3 is 1. The Hall–Kier alpha value is -0.190. The van der Waals surface area contributed by atoms with Crippen LogP contribution < -0.4 is 18.7 Å². The normalized spacial score (nSPS) is 19.3. The molecule has 116 valence electrons. The molecule has 0 radical (unpaired) electrons. The molecule has 1 heterocycles. The molecule has 5 nitrogen and oxygen atoms in total. The molecule has 1 atom stereocenters. The van der Waals surface area contributed by atoms with Gasteiger partial charge in [-0.15, -0.1) is 11.8 Å². The number of benzene rings is 1. The molecule has 9 heteroatoms. The maximum Gasteiger partial charge on any atom is 0.186 e. The molecule has 0 aromatic heterocycles. The lowest BCUT2D eigenvalue weighted by molar-refractivity contribution is -1.91. The van der Waals surface area contributed by atoms with E-state index >= 15 is 0 Å². The van der Waals surface area contributed by atoms with Crippen LogP contribution in [0.15, 0.2) is 29.8 Å². The van der Waals surface area contributed by atoms with Gasteiger partial charge in [0.05, 0.1) is 21.5 Å². The summed E-state index contributed by atoms with van der Waals surface area (Å²) in [5.41, 5.74) is 1.86. The number of ether oxygens (including phenoxy) is 1. The van der Waals surface area contributed by atoms with E-state index in [0.717, 1.165) is 26.0 Å². The van der Waals surface area contributed by atoms with Gasteiger partial charge in [0.1, 0.15) is 9.49 Å². The number of hydrogen-bond donors (Lipinski definition) is 0. The fourth-order valence-electron chi connectivity index (χ4n) is 1.73. The first-order valence-electron chi connectivity index (χ1n) is 5.65. The summed E-state index contributed by atoms with van der Waals surface area (Å²) in [6.45, 7) is 1.89. The van der Waals surface area contributed by atoms with Gasteiger partial charge in [-0.05, 0) is 47.2 Å². The van der Waals surface area contributed by atoms with Gasteiger partial charge in [0.2, 0.25) is 0 Å². The highest BCUT2D eigenvalue weighted by Crippen LogP contribution is 2.55. The second-order valence-corrected chi connectivity index (χ2v) is 9.13. The van der Waals surface area contributed by atoms with E-state index in [1.54, 1.807) is 7.11 Å². The molecule has 0 bridgehead atoms. The number of hydrogen-bond acceptors (Lipinski definition) is 7. The molecule has 0 amide bonds. The molecule has 1 aliphatic rings. The molecule has 21 heavy (non-hydrogen) atoms. The first kappa shape index (κ1) is 17.2. The zero-order chi connectivity index (χ0) is 15.6. The molecule has 1 unspecified atom stereocenters. The Labute approximate surface area is 135 Å². The fraction of sp³-hybridized carbons (Fsp3) is 0.250. The van der Waals surface area contributed by atoms with Gasteiger partial charge in [-0.2, -0.15) is 14.0 Å². The van der Waals surface area contributed by atoms with E-state index < -0.39 is 20.0 Å². The van der Waals surface area contributed by atoms with Crippen LogP contribution in [0.3, 0.4) is 0 Å². The van der Waals surface area contributed by atoms with Crippen molar-refractivity contribution in [3.05, 3.63) is 35.4 Å². The Morgan fingerprint density at radius 2 is 1.81 bits per heavy atom. The molecule has 1 aromatic carbocycles. The average molecular weight is 369 g/mol. The van der Waals surface area contributed by atoms with E-state index in [4.69, 9.17) is 4.74 Å². The Balaban J connectivity index is 2.29. The first-order valence-corrected chi connectivity index (χ1v) is 10.6. The number of rotatable bonds is 4. The van der Waals surface area contributed by atoms with Crippen molar-refractivity contribution in [2.45, 2.75) is 6.92 Å². The predicted octanol–water partition coefficient (Wildman–Crippen LogP) is 0.679. The van der Waals surface area contributed by atoms with E-state index in [2.05, 4.69) is 3.74 Å². The third-order valence-corrected chi connectivity index (χ3v) is 9.04. The monoisotopic (exact) mass is 368 g/mol. The quantitative estimate of drug-likeness (QED) is 0.570. The molecule has 0 saturated carbocycles. The molecule has 0 fully saturated rings. The average Bonchev–Trinajstić information content (AvgIpc) is 2.73. The van der Waals surface area contributed by atoms with Gasteiger partial charge >= 0.3 is 0 Å². The lowest BCUT2D eigenvalue weighted by Crippen LogP contribution is -2.60. The summed E-state index contributed by atoms with van der Waals surface area (Å²) in [5, 5.41) is 0. The number of halogens is 1. The Morgan fingerprint density at radius 1 is 1.19 bits per heavy atom. The third-order valence-electron chi connectivity index (χ3n) is 2.63. The van der Waals surface area contributed by atoms with Crippen LogP contribution in [-0.2, 0) is 3.74 Å². The molecular formula is C12H13ClO5S3. The van der Waals surface area contributed by atoms with Crippen LogP contribution in [-0.4, -0.2) is 17.6 Å². The smallest absolute Gasteiger partial charge is 0.186 e. The standard InChI is InChI=1S/C12H13ClO5S3/c1-8-11(9-4-6-10(17-2)7-5-9)20-21(12(8)19-3)18-13(14,15)16/h4-7H,1-3H3. The van der Waals surface area contributed by atoms with Crippen molar-refractivity contribution < 1.29 is 32.7 Å². The van der Waals surface area contributed by atoms with Crippen molar-refractivity contribution in [1.29, 1.82) is 0 Å². The molecular weight excluding hydrogens is 356 g/mol. The summed E-state index contributed by atoms with van der Waals surface area (Å²) >= 11 is 1.39. The van der Waals surface area contributed by atoms with Gasteiger partial charge in [0.25, 0.3) is 0 Å². The first-order chi connectivity index (χ1) is 9.85. The van der Waals surface area contributed by atoms with Crippen LogP contribution in [0.2, 0.25) is 0 Å². The summed E-state index contributed by atoms with van der Waals surface area (Å²) in [5.74, 6) is 0.741. The highest BCUT2D eigenvalue weighted by molar-refractivity contribution is 8.87. The van der Waals surface area contributed by atoms with E-state index in [1.165, 1.54) is 22.6 Å². The largest absolute Gasteiger partial charge is 0.497 e. The van der Waals surface area contributed by atoms with Crippen molar-refractivity contribution in [3.8, 4) is 5.75 Å². The molecule has 2 rings (SSSR count). The fourth-order valence-corrected chi connectivity index (χ4v) is 8.41.